The Kier molecular flexibility index (Phi) is 8.32. The topological polar surface area (TPSA) is 3.24 Å². The molecule has 0 radical (unpaired) electrons. The average molecular weight is 248 g/mol. The fourth-order valence-corrected chi connectivity index (χ4v) is 1.39. The van der Waals surface area contributed by atoms with Crippen LogP contribution in [0.5, 0.6) is 0 Å². The number of nitrogens with zero attached hydrogens (tertiary/aromatic N) is 1. The molecule has 0 unspecified atom stereocenters. The van der Waals surface area contributed by atoms with E-state index in [4.69, 9.17) is 0 Å². The monoisotopic (exact) mass is 247 g/mol. The first-order valence-electron chi connectivity index (χ1n) is 5.06. The standard InChI is InChI=1S/C10H12N.C3H7.Ni/c1-9(2)11(3)10-7-5-4-6-8-10;1-3-2;/h3-7,9H,1-2H3;3H,1-2H3;/q2*-1;. The molecule has 0 atom stereocenters. The van der Waals surface area contributed by atoms with Crippen molar-refractivity contribution in [2.45, 2.75) is 33.7 Å². The molecule has 0 aliphatic rings. The zero-order chi connectivity index (χ0) is 11.7. The summed E-state index contributed by atoms with van der Waals surface area (Å²) in [5.74, 6) is 0. The minimum atomic E-state index is 0.400. The molecule has 0 saturated carbocycles. The summed E-state index contributed by atoms with van der Waals surface area (Å²) < 4.78 is 0. The van der Waals surface area contributed by atoms with Gasteiger partial charge in [0, 0.05) is 0 Å². The van der Waals surface area contributed by atoms with Gasteiger partial charge in [-0.05, 0) is 0 Å². The van der Waals surface area contributed by atoms with Crippen LogP contribution in [-0.2, 0) is 15.0 Å². The SMILES string of the molecule is CC(C)N([CH]=[Ni])c1[c-]cccc1.C[CH-]C. The maximum atomic E-state index is 4.63. The van der Waals surface area contributed by atoms with Crippen molar-refractivity contribution in [2.24, 2.45) is 0 Å². The van der Waals surface area contributed by atoms with E-state index in [2.05, 4.69) is 34.9 Å². The zero-order valence-corrected chi connectivity index (χ0v) is 10.8. The maximum absolute atomic E-state index is 4.63. The summed E-state index contributed by atoms with van der Waals surface area (Å²) in [7, 11) is 0. The molecule has 15 heavy (non-hydrogen) atoms. The van der Waals surface area contributed by atoms with Crippen molar-refractivity contribution in [1.29, 1.82) is 0 Å². The third-order valence-corrected chi connectivity index (χ3v) is 1.89. The van der Waals surface area contributed by atoms with Gasteiger partial charge in [-0.15, -0.1) is 0 Å². The van der Waals surface area contributed by atoms with E-state index < -0.39 is 0 Å². The van der Waals surface area contributed by atoms with Crippen LogP contribution in [0.1, 0.15) is 27.7 Å². The van der Waals surface area contributed by atoms with Gasteiger partial charge in [-0.1, -0.05) is 0 Å². The first-order chi connectivity index (χ1) is 7.17. The van der Waals surface area contributed by atoms with Crippen LogP contribution < -0.4 is 4.90 Å². The van der Waals surface area contributed by atoms with Gasteiger partial charge in [-0.3, -0.25) is 0 Å². The van der Waals surface area contributed by atoms with Crippen LogP contribution in [-0.4, -0.2) is 11.2 Å². The molecule has 1 rings (SSSR count). The summed E-state index contributed by atoms with van der Waals surface area (Å²) >= 11 is 4.63. The van der Waals surface area contributed by atoms with E-state index in [1.807, 2.05) is 49.4 Å². The van der Waals surface area contributed by atoms with Gasteiger partial charge in [-0.25, -0.2) is 0 Å². The first-order valence-corrected chi connectivity index (χ1v) is 5.63. The molecule has 0 aromatic heterocycles. The number of para-hydroxylation sites is 1. The van der Waals surface area contributed by atoms with Crippen molar-refractivity contribution in [3.05, 3.63) is 36.8 Å². The summed E-state index contributed by atoms with van der Waals surface area (Å²) in [6, 6.07) is 11.4. The van der Waals surface area contributed by atoms with Crippen LogP contribution in [0.25, 0.3) is 0 Å². The zero-order valence-electron chi connectivity index (χ0n) is 9.80. The summed E-state index contributed by atoms with van der Waals surface area (Å²) in [4.78, 5) is 2.03. The van der Waals surface area contributed by atoms with Crippen LogP contribution >= 0.6 is 0 Å². The van der Waals surface area contributed by atoms with Crippen molar-refractivity contribution in [3.63, 3.8) is 0 Å². The number of hydrogen-bond donors (Lipinski definition) is 0. The van der Waals surface area contributed by atoms with E-state index in [1.54, 1.807) is 5.12 Å². The van der Waals surface area contributed by atoms with Crippen molar-refractivity contribution in [2.75, 3.05) is 4.90 Å². The Balaban J connectivity index is 0.000000583. The largest absolute Gasteiger partial charge is 0.335 e. The van der Waals surface area contributed by atoms with Gasteiger partial charge in [0.25, 0.3) is 0 Å². The second kappa shape index (κ2) is 8.67. The Labute approximate surface area is 101 Å². The first kappa shape index (κ1) is 14.4. The van der Waals surface area contributed by atoms with Gasteiger partial charge < -0.3 is 6.42 Å². The minimum Gasteiger partial charge on any atom is -0.335 e. The number of rotatable bonds is 3. The molecule has 0 bridgehead atoms. The van der Waals surface area contributed by atoms with Gasteiger partial charge in [0.15, 0.2) is 0 Å². The van der Waals surface area contributed by atoms with Crippen LogP contribution in [0.4, 0.5) is 5.69 Å². The van der Waals surface area contributed by atoms with E-state index in [-0.39, 0.29) is 0 Å². The molecule has 0 amide bonds. The van der Waals surface area contributed by atoms with Gasteiger partial charge >= 0.3 is 81.0 Å². The summed E-state index contributed by atoms with van der Waals surface area (Å²) in [5.41, 5.74) is 1.04. The summed E-state index contributed by atoms with van der Waals surface area (Å²) in [6.45, 7) is 8.22. The van der Waals surface area contributed by atoms with Gasteiger partial charge in [0.1, 0.15) is 0 Å². The van der Waals surface area contributed by atoms with Crippen molar-refractivity contribution < 1.29 is 15.0 Å². The number of benzene rings is 1. The molecule has 2 heteroatoms. The molecule has 0 heterocycles. The second-order valence-corrected chi connectivity index (χ2v) is 3.66. The van der Waals surface area contributed by atoms with E-state index >= 15 is 0 Å². The predicted molar refractivity (Wildman–Crippen MR) is 64.6 cm³/mol. The molecule has 0 aliphatic heterocycles. The average Bonchev–Trinajstić information content (AvgIpc) is 2.21. The third kappa shape index (κ3) is 5.74. The predicted octanol–water partition coefficient (Wildman–Crippen LogP) is 3.24. The molecule has 0 spiro atoms. The molecule has 1 nitrogen and oxygen atoms in total. The van der Waals surface area contributed by atoms with E-state index in [1.165, 1.54) is 0 Å². The molecule has 88 valence electrons. The van der Waals surface area contributed by atoms with E-state index in [0.29, 0.717) is 6.04 Å². The number of hydrogen-bond acceptors (Lipinski definition) is 1. The smallest absolute Gasteiger partial charge is 0.192 e. The quantitative estimate of drug-likeness (QED) is 0.586. The minimum absolute atomic E-state index is 0.400. The molecule has 0 saturated heterocycles. The second-order valence-electron chi connectivity index (χ2n) is 3.41. The van der Waals surface area contributed by atoms with E-state index in [0.717, 1.165) is 5.69 Å². The molecular formula is C13H19NNi-2. The Bertz CT molecular complexity index is 256. The van der Waals surface area contributed by atoms with E-state index in [9.17, 15) is 0 Å². The fourth-order valence-electron chi connectivity index (χ4n) is 0.961. The van der Waals surface area contributed by atoms with Crippen LogP contribution in [0.3, 0.4) is 0 Å². The Morgan fingerprint density at radius 1 is 1.40 bits per heavy atom. The molecule has 0 aliphatic carbocycles. The van der Waals surface area contributed by atoms with Gasteiger partial charge in [0.2, 0.25) is 0 Å². The van der Waals surface area contributed by atoms with Gasteiger partial charge in [0.05, 0.1) is 0 Å². The Morgan fingerprint density at radius 2 is 2.00 bits per heavy atom. The number of anilines is 1. The van der Waals surface area contributed by atoms with Gasteiger partial charge in [-0.2, -0.15) is 13.8 Å². The molecule has 1 aromatic carbocycles. The Hall–Kier alpha value is -0.616. The Morgan fingerprint density at radius 3 is 2.33 bits per heavy atom. The third-order valence-electron chi connectivity index (χ3n) is 1.62. The molecule has 0 fully saturated rings. The fraction of sp³-hybridized carbons (Fsp3) is 0.385. The molecule has 0 N–H and O–H groups in total. The van der Waals surface area contributed by atoms with Crippen molar-refractivity contribution in [3.8, 4) is 0 Å². The summed E-state index contributed by atoms with van der Waals surface area (Å²) in [5, 5.41) is 1.70. The van der Waals surface area contributed by atoms with Crippen molar-refractivity contribution in [1.82, 2.24) is 0 Å². The van der Waals surface area contributed by atoms with Crippen LogP contribution in [0, 0.1) is 12.5 Å². The summed E-state index contributed by atoms with van der Waals surface area (Å²) in [6.07, 6.45) is 2.00. The normalized spacial score (nSPS) is 9.27. The van der Waals surface area contributed by atoms with Crippen molar-refractivity contribution >= 4 is 10.8 Å². The molecule has 1 aromatic rings. The van der Waals surface area contributed by atoms with Crippen LogP contribution in [0.15, 0.2) is 24.3 Å². The van der Waals surface area contributed by atoms with Crippen LogP contribution in [0.2, 0.25) is 0 Å². The maximum Gasteiger partial charge on any atom is -0.192 e. The molecular weight excluding hydrogens is 229 g/mol.